The lowest BCUT2D eigenvalue weighted by Crippen LogP contribution is -2.49. The van der Waals surface area contributed by atoms with Crippen LogP contribution in [0.15, 0.2) is 0 Å². The van der Waals surface area contributed by atoms with Crippen molar-refractivity contribution in [1.29, 1.82) is 0 Å². The molecule has 0 aliphatic carbocycles. The second kappa shape index (κ2) is 5.26. The monoisotopic (exact) mass is 256 g/mol. The molecule has 0 saturated carbocycles. The highest BCUT2D eigenvalue weighted by Gasteiger charge is 2.40. The fourth-order valence-electron chi connectivity index (χ4n) is 2.12. The van der Waals surface area contributed by atoms with E-state index >= 15 is 0 Å². The van der Waals surface area contributed by atoms with E-state index in [9.17, 15) is 9.59 Å². The van der Waals surface area contributed by atoms with Crippen molar-refractivity contribution in [3.05, 3.63) is 0 Å². The minimum Gasteiger partial charge on any atom is -0.458 e. The molecular formula is C13H24N2O3. The quantitative estimate of drug-likeness (QED) is 0.762. The van der Waals surface area contributed by atoms with Crippen LogP contribution in [0.4, 0.5) is 0 Å². The summed E-state index contributed by atoms with van der Waals surface area (Å²) in [5, 5.41) is 0. The van der Waals surface area contributed by atoms with Crippen LogP contribution in [0.25, 0.3) is 0 Å². The van der Waals surface area contributed by atoms with Gasteiger partial charge in [-0.15, -0.1) is 0 Å². The summed E-state index contributed by atoms with van der Waals surface area (Å²) in [7, 11) is 0. The number of carbonyl (C=O) groups excluding carboxylic acids is 2. The largest absolute Gasteiger partial charge is 0.458 e. The van der Waals surface area contributed by atoms with Crippen LogP contribution in [0.2, 0.25) is 0 Å². The highest BCUT2D eigenvalue weighted by atomic mass is 16.6. The molecule has 1 rings (SSSR count). The molecule has 104 valence electrons. The van der Waals surface area contributed by atoms with Crippen LogP contribution in [0.1, 0.15) is 41.0 Å². The molecule has 1 amide bonds. The predicted octanol–water partition coefficient (Wildman–Crippen LogP) is 0.912. The van der Waals surface area contributed by atoms with Gasteiger partial charge in [-0.2, -0.15) is 0 Å². The molecule has 18 heavy (non-hydrogen) atoms. The number of hydrogen-bond acceptors (Lipinski definition) is 4. The second-order valence-corrected chi connectivity index (χ2v) is 6.15. The molecule has 1 aliphatic heterocycles. The van der Waals surface area contributed by atoms with E-state index in [1.807, 2.05) is 34.6 Å². The molecule has 5 nitrogen and oxygen atoms in total. The molecule has 0 spiro atoms. The number of hydrogen-bond donors (Lipinski definition) is 1. The lowest BCUT2D eigenvalue weighted by Gasteiger charge is -2.32. The number of nitrogens with two attached hydrogens (primary N) is 1. The zero-order chi connectivity index (χ0) is 14.1. The Kier molecular flexibility index (Phi) is 4.37. The summed E-state index contributed by atoms with van der Waals surface area (Å²) in [5.41, 5.74) is 5.14. The number of carbonyl (C=O) groups is 2. The average molecular weight is 256 g/mol. The van der Waals surface area contributed by atoms with E-state index in [2.05, 4.69) is 0 Å². The Balaban J connectivity index is 2.84. The molecular weight excluding hydrogens is 232 g/mol. The first-order chi connectivity index (χ1) is 8.13. The first-order valence-corrected chi connectivity index (χ1v) is 6.42. The van der Waals surface area contributed by atoms with Crippen molar-refractivity contribution in [1.82, 2.24) is 4.90 Å². The normalized spacial score (nSPS) is 22.5. The molecule has 1 saturated heterocycles. The molecule has 1 aliphatic rings. The first-order valence-electron chi connectivity index (χ1n) is 6.42. The smallest absolute Gasteiger partial charge is 0.329 e. The Morgan fingerprint density at radius 2 is 2.00 bits per heavy atom. The number of rotatable bonds is 3. The molecule has 1 heterocycles. The van der Waals surface area contributed by atoms with Gasteiger partial charge in [-0.05, 0) is 33.1 Å². The maximum Gasteiger partial charge on any atom is 0.329 e. The van der Waals surface area contributed by atoms with Crippen molar-refractivity contribution < 1.29 is 14.3 Å². The van der Waals surface area contributed by atoms with E-state index in [1.54, 1.807) is 4.90 Å². The van der Waals surface area contributed by atoms with Crippen LogP contribution in [0, 0.1) is 5.92 Å². The fourth-order valence-corrected chi connectivity index (χ4v) is 2.12. The van der Waals surface area contributed by atoms with Crippen molar-refractivity contribution in [2.75, 3.05) is 6.54 Å². The van der Waals surface area contributed by atoms with Crippen molar-refractivity contribution >= 4 is 11.9 Å². The molecule has 0 radical (unpaired) electrons. The summed E-state index contributed by atoms with van der Waals surface area (Å²) in [6, 6.07) is -1.01. The second-order valence-electron chi connectivity index (χ2n) is 6.15. The molecule has 2 atom stereocenters. The molecule has 2 N–H and O–H groups in total. The van der Waals surface area contributed by atoms with E-state index in [1.165, 1.54) is 0 Å². The van der Waals surface area contributed by atoms with Gasteiger partial charge in [-0.25, -0.2) is 4.79 Å². The zero-order valence-corrected chi connectivity index (χ0v) is 11.9. The van der Waals surface area contributed by atoms with Crippen LogP contribution in [-0.2, 0) is 14.3 Å². The van der Waals surface area contributed by atoms with Gasteiger partial charge in [0.05, 0.1) is 6.04 Å². The fraction of sp³-hybridized carbons (Fsp3) is 0.846. The summed E-state index contributed by atoms with van der Waals surface area (Å²) in [6.07, 6.45) is 0.602. The van der Waals surface area contributed by atoms with Crippen LogP contribution < -0.4 is 5.73 Å². The minimum absolute atomic E-state index is 0.00843. The van der Waals surface area contributed by atoms with Crippen LogP contribution in [0.5, 0.6) is 0 Å². The summed E-state index contributed by atoms with van der Waals surface area (Å²) in [5.74, 6) is -0.492. The Hall–Kier alpha value is -1.10. The molecule has 0 aromatic rings. The van der Waals surface area contributed by atoms with Gasteiger partial charge in [0.1, 0.15) is 11.6 Å². The minimum atomic E-state index is -0.547. The van der Waals surface area contributed by atoms with Gasteiger partial charge < -0.3 is 15.4 Å². The lowest BCUT2D eigenvalue weighted by molar-refractivity contribution is -0.165. The predicted molar refractivity (Wildman–Crippen MR) is 68.8 cm³/mol. The average Bonchev–Trinajstić information content (AvgIpc) is 2.46. The van der Waals surface area contributed by atoms with Crippen molar-refractivity contribution in [2.45, 2.75) is 58.7 Å². The molecule has 0 aromatic heterocycles. The van der Waals surface area contributed by atoms with Crippen LogP contribution in [-0.4, -0.2) is 41.0 Å². The number of esters is 1. The standard InChI is InChI=1S/C13H24N2O3/c1-8(2)10(12(17)18-13(3,4)5)15-7-6-9(14)11(15)16/h8-10H,6-7,14H2,1-5H3. The van der Waals surface area contributed by atoms with Crippen molar-refractivity contribution in [2.24, 2.45) is 11.7 Å². The Labute approximate surface area is 109 Å². The summed E-state index contributed by atoms with van der Waals surface area (Å²) in [6.45, 7) is 9.80. The molecule has 0 aromatic carbocycles. The third-order valence-corrected chi connectivity index (χ3v) is 2.90. The van der Waals surface area contributed by atoms with E-state index in [0.717, 1.165) is 0 Å². The maximum atomic E-state index is 12.2. The maximum absolute atomic E-state index is 12.2. The van der Waals surface area contributed by atoms with Crippen molar-refractivity contribution in [3.8, 4) is 0 Å². The van der Waals surface area contributed by atoms with Crippen molar-refractivity contribution in [3.63, 3.8) is 0 Å². The number of likely N-dealkylation sites (tertiary alicyclic amines) is 1. The molecule has 1 fully saturated rings. The van der Waals surface area contributed by atoms with E-state index in [4.69, 9.17) is 10.5 Å². The molecule has 2 unspecified atom stereocenters. The first kappa shape index (κ1) is 15.0. The number of nitrogens with zero attached hydrogens (tertiary/aromatic N) is 1. The van der Waals surface area contributed by atoms with E-state index < -0.39 is 17.7 Å². The zero-order valence-electron chi connectivity index (χ0n) is 11.9. The third-order valence-electron chi connectivity index (χ3n) is 2.90. The van der Waals surface area contributed by atoms with Gasteiger partial charge in [-0.1, -0.05) is 13.8 Å². The Bertz CT molecular complexity index is 334. The van der Waals surface area contributed by atoms with Crippen LogP contribution in [0.3, 0.4) is 0 Å². The van der Waals surface area contributed by atoms with E-state index in [0.29, 0.717) is 13.0 Å². The summed E-state index contributed by atoms with van der Waals surface area (Å²) in [4.78, 5) is 25.7. The SMILES string of the molecule is CC(C)C(C(=O)OC(C)(C)C)N1CCC(N)C1=O. The van der Waals surface area contributed by atoms with Gasteiger partial charge in [-0.3, -0.25) is 4.79 Å². The number of ether oxygens (including phenoxy) is 1. The molecule has 0 bridgehead atoms. The lowest BCUT2D eigenvalue weighted by atomic mass is 10.0. The highest BCUT2D eigenvalue weighted by molar-refractivity contribution is 5.89. The number of amides is 1. The van der Waals surface area contributed by atoms with Gasteiger partial charge in [0.15, 0.2) is 0 Å². The van der Waals surface area contributed by atoms with E-state index in [-0.39, 0.29) is 17.8 Å². The highest BCUT2D eigenvalue weighted by Crippen LogP contribution is 2.21. The van der Waals surface area contributed by atoms with Gasteiger partial charge in [0.2, 0.25) is 5.91 Å². The van der Waals surface area contributed by atoms with Gasteiger partial charge in [0.25, 0.3) is 0 Å². The molecule has 5 heteroatoms. The third kappa shape index (κ3) is 3.45. The Morgan fingerprint density at radius 3 is 2.33 bits per heavy atom. The van der Waals surface area contributed by atoms with Crippen LogP contribution >= 0.6 is 0 Å². The topological polar surface area (TPSA) is 72.6 Å². The van der Waals surface area contributed by atoms with Gasteiger partial charge >= 0.3 is 5.97 Å². The summed E-state index contributed by atoms with van der Waals surface area (Å²) >= 11 is 0. The van der Waals surface area contributed by atoms with Gasteiger partial charge in [0, 0.05) is 6.54 Å². The Morgan fingerprint density at radius 1 is 1.44 bits per heavy atom. The summed E-state index contributed by atoms with van der Waals surface area (Å²) < 4.78 is 5.38.